The highest BCUT2D eigenvalue weighted by Gasteiger charge is 2.02. The van der Waals surface area contributed by atoms with Crippen LogP contribution in [0.1, 0.15) is 5.56 Å². The van der Waals surface area contributed by atoms with E-state index in [-0.39, 0.29) is 13.2 Å². The van der Waals surface area contributed by atoms with Crippen molar-refractivity contribution in [1.29, 1.82) is 0 Å². The monoisotopic (exact) mass is 218 g/mol. The van der Waals surface area contributed by atoms with Crippen LogP contribution in [0.2, 0.25) is 5.02 Å². The maximum Gasteiger partial charge on any atom is 0.0692 e. The lowest BCUT2D eigenvalue weighted by atomic mass is 10.2. The maximum atomic E-state index is 8.99. The molecule has 0 aliphatic rings. The van der Waals surface area contributed by atoms with Crippen LogP contribution in [0.15, 0.2) is 23.1 Å². The summed E-state index contributed by atoms with van der Waals surface area (Å²) in [5.74, 6) is 0.618. The molecule has 1 rings (SSSR count). The van der Waals surface area contributed by atoms with Crippen molar-refractivity contribution in [1.82, 2.24) is 0 Å². The summed E-state index contributed by atoms with van der Waals surface area (Å²) >= 11 is 7.29. The number of aliphatic hydroxyl groups is 2. The van der Waals surface area contributed by atoms with Gasteiger partial charge in [-0.2, -0.15) is 0 Å². The van der Waals surface area contributed by atoms with E-state index in [1.165, 1.54) is 11.8 Å². The summed E-state index contributed by atoms with van der Waals surface area (Å²) in [5, 5.41) is 18.3. The standard InChI is InChI=1S/C9H11ClO2S/c10-8-2-1-7(6-12)9(5-8)13-4-3-11/h1-2,5,11-12H,3-4,6H2. The summed E-state index contributed by atoms with van der Waals surface area (Å²) < 4.78 is 0. The third kappa shape index (κ3) is 3.19. The molecule has 2 N–H and O–H groups in total. The molecule has 0 saturated carbocycles. The van der Waals surface area contributed by atoms with E-state index in [1.54, 1.807) is 18.2 Å². The Labute approximate surface area is 86.5 Å². The Kier molecular flexibility index (Phi) is 4.59. The molecule has 0 saturated heterocycles. The van der Waals surface area contributed by atoms with Crippen molar-refractivity contribution < 1.29 is 10.2 Å². The lowest BCUT2D eigenvalue weighted by molar-refractivity contribution is 0.279. The van der Waals surface area contributed by atoms with Crippen molar-refractivity contribution in [3.63, 3.8) is 0 Å². The summed E-state index contributed by atoms with van der Waals surface area (Å²) in [6, 6.07) is 5.34. The molecule has 0 heterocycles. The Hall–Kier alpha value is -0.220. The van der Waals surface area contributed by atoms with Crippen LogP contribution in [0.25, 0.3) is 0 Å². The summed E-state index contributed by atoms with van der Waals surface area (Å²) in [4.78, 5) is 0.934. The van der Waals surface area contributed by atoms with Gasteiger partial charge in [0.25, 0.3) is 0 Å². The fourth-order valence-electron chi connectivity index (χ4n) is 0.949. The average Bonchev–Trinajstić information content (AvgIpc) is 2.15. The summed E-state index contributed by atoms with van der Waals surface area (Å²) in [6.45, 7) is 0.132. The van der Waals surface area contributed by atoms with Gasteiger partial charge >= 0.3 is 0 Å². The molecule has 72 valence electrons. The van der Waals surface area contributed by atoms with Crippen LogP contribution in [-0.2, 0) is 6.61 Å². The zero-order chi connectivity index (χ0) is 9.68. The van der Waals surface area contributed by atoms with E-state index in [0.29, 0.717) is 10.8 Å². The number of aliphatic hydroxyl groups excluding tert-OH is 2. The Morgan fingerprint density at radius 3 is 2.69 bits per heavy atom. The smallest absolute Gasteiger partial charge is 0.0692 e. The molecule has 0 spiro atoms. The van der Waals surface area contributed by atoms with E-state index in [9.17, 15) is 0 Å². The summed E-state index contributed by atoms with van der Waals surface area (Å²) in [7, 11) is 0. The largest absolute Gasteiger partial charge is 0.396 e. The van der Waals surface area contributed by atoms with E-state index in [0.717, 1.165) is 10.5 Å². The maximum absolute atomic E-state index is 8.99. The normalized spacial score (nSPS) is 10.4. The van der Waals surface area contributed by atoms with E-state index >= 15 is 0 Å². The first kappa shape index (κ1) is 10.9. The van der Waals surface area contributed by atoms with Crippen molar-refractivity contribution in [2.45, 2.75) is 11.5 Å². The highest BCUT2D eigenvalue weighted by Crippen LogP contribution is 2.25. The lowest BCUT2D eigenvalue weighted by Gasteiger charge is -2.06. The fraction of sp³-hybridized carbons (Fsp3) is 0.333. The molecule has 4 heteroatoms. The highest BCUT2D eigenvalue weighted by molar-refractivity contribution is 7.99. The van der Waals surface area contributed by atoms with Crippen LogP contribution in [0, 0.1) is 0 Å². The molecular weight excluding hydrogens is 208 g/mol. The van der Waals surface area contributed by atoms with Crippen LogP contribution in [0.5, 0.6) is 0 Å². The molecular formula is C9H11ClO2S. The molecule has 1 aromatic carbocycles. The van der Waals surface area contributed by atoms with Gasteiger partial charge in [0.05, 0.1) is 13.2 Å². The molecule has 0 aliphatic heterocycles. The molecule has 13 heavy (non-hydrogen) atoms. The predicted octanol–water partition coefficient (Wildman–Crippen LogP) is 1.92. The fourth-order valence-corrected chi connectivity index (χ4v) is 2.03. The van der Waals surface area contributed by atoms with Gasteiger partial charge < -0.3 is 10.2 Å². The summed E-state index contributed by atoms with van der Waals surface area (Å²) in [6.07, 6.45) is 0. The van der Waals surface area contributed by atoms with E-state index in [2.05, 4.69) is 0 Å². The third-order valence-electron chi connectivity index (χ3n) is 1.55. The van der Waals surface area contributed by atoms with Crippen molar-refractivity contribution in [3.05, 3.63) is 28.8 Å². The molecule has 0 fully saturated rings. The van der Waals surface area contributed by atoms with Gasteiger partial charge in [-0.25, -0.2) is 0 Å². The number of benzene rings is 1. The number of rotatable bonds is 4. The zero-order valence-corrected chi connectivity index (χ0v) is 8.61. The molecule has 0 radical (unpaired) electrons. The third-order valence-corrected chi connectivity index (χ3v) is 2.86. The number of hydrogen-bond acceptors (Lipinski definition) is 3. The second-order valence-electron chi connectivity index (χ2n) is 2.48. The van der Waals surface area contributed by atoms with Crippen LogP contribution in [0.3, 0.4) is 0 Å². The van der Waals surface area contributed by atoms with E-state index in [1.807, 2.05) is 0 Å². The number of hydrogen-bond donors (Lipinski definition) is 2. The molecule has 0 amide bonds. The quantitative estimate of drug-likeness (QED) is 0.759. The Balaban J connectivity index is 2.81. The minimum atomic E-state index is 0.00489. The Morgan fingerprint density at radius 2 is 2.08 bits per heavy atom. The van der Waals surface area contributed by atoms with Gasteiger partial charge in [-0.05, 0) is 17.7 Å². The minimum absolute atomic E-state index is 0.00489. The molecule has 0 aliphatic carbocycles. The van der Waals surface area contributed by atoms with E-state index < -0.39 is 0 Å². The minimum Gasteiger partial charge on any atom is -0.396 e. The lowest BCUT2D eigenvalue weighted by Crippen LogP contribution is -1.91. The van der Waals surface area contributed by atoms with Crippen LogP contribution in [0.4, 0.5) is 0 Å². The Bertz CT molecular complexity index is 278. The first-order valence-electron chi connectivity index (χ1n) is 3.91. The van der Waals surface area contributed by atoms with Gasteiger partial charge in [-0.15, -0.1) is 11.8 Å². The van der Waals surface area contributed by atoms with Crippen molar-refractivity contribution in [2.24, 2.45) is 0 Å². The second kappa shape index (κ2) is 5.50. The van der Waals surface area contributed by atoms with Gasteiger partial charge in [0, 0.05) is 15.7 Å². The van der Waals surface area contributed by atoms with Crippen LogP contribution >= 0.6 is 23.4 Å². The van der Waals surface area contributed by atoms with Crippen molar-refractivity contribution >= 4 is 23.4 Å². The van der Waals surface area contributed by atoms with Gasteiger partial charge in [0.2, 0.25) is 0 Å². The molecule has 0 atom stereocenters. The molecule has 0 unspecified atom stereocenters. The molecule has 0 bridgehead atoms. The number of thioether (sulfide) groups is 1. The van der Waals surface area contributed by atoms with Gasteiger partial charge in [-0.1, -0.05) is 17.7 Å². The van der Waals surface area contributed by atoms with Crippen LogP contribution in [-0.4, -0.2) is 22.6 Å². The Morgan fingerprint density at radius 1 is 1.31 bits per heavy atom. The predicted molar refractivity (Wildman–Crippen MR) is 55.2 cm³/mol. The van der Waals surface area contributed by atoms with Gasteiger partial charge in [0.1, 0.15) is 0 Å². The topological polar surface area (TPSA) is 40.5 Å². The highest BCUT2D eigenvalue weighted by atomic mass is 35.5. The first-order valence-corrected chi connectivity index (χ1v) is 5.27. The van der Waals surface area contributed by atoms with Gasteiger partial charge in [-0.3, -0.25) is 0 Å². The molecule has 0 aromatic heterocycles. The van der Waals surface area contributed by atoms with Gasteiger partial charge in [0.15, 0.2) is 0 Å². The van der Waals surface area contributed by atoms with Crippen molar-refractivity contribution in [3.8, 4) is 0 Å². The number of halogens is 1. The van der Waals surface area contributed by atoms with Crippen molar-refractivity contribution in [2.75, 3.05) is 12.4 Å². The van der Waals surface area contributed by atoms with Crippen LogP contribution < -0.4 is 0 Å². The molecule has 1 aromatic rings. The summed E-state index contributed by atoms with van der Waals surface area (Å²) in [5.41, 5.74) is 0.850. The zero-order valence-electron chi connectivity index (χ0n) is 7.03. The molecule has 2 nitrogen and oxygen atoms in total. The average molecular weight is 219 g/mol. The SMILES string of the molecule is OCCSc1cc(Cl)ccc1CO. The second-order valence-corrected chi connectivity index (χ2v) is 4.06. The first-order chi connectivity index (χ1) is 6.27. The van der Waals surface area contributed by atoms with E-state index in [4.69, 9.17) is 21.8 Å².